The molecule has 0 radical (unpaired) electrons. The first-order chi connectivity index (χ1) is 10.3. The zero-order chi connectivity index (χ0) is 16.3. The molecule has 6 nitrogen and oxygen atoms in total. The van der Waals surface area contributed by atoms with Crippen LogP contribution in [0.1, 0.15) is 13.8 Å². The molecule has 0 amide bonds. The number of halogens is 1. The number of nitrogens with zero attached hydrogens (tertiary/aromatic N) is 2. The highest BCUT2D eigenvalue weighted by Gasteiger charge is 2.22. The molecule has 2 aromatic rings. The van der Waals surface area contributed by atoms with Gasteiger partial charge in [-0.1, -0.05) is 48.5 Å². The van der Waals surface area contributed by atoms with Crippen LogP contribution in [-0.2, 0) is 10.0 Å². The van der Waals surface area contributed by atoms with E-state index in [4.69, 9.17) is 16.3 Å². The molecule has 0 saturated heterocycles. The van der Waals surface area contributed by atoms with Crippen molar-refractivity contribution < 1.29 is 13.2 Å². The van der Waals surface area contributed by atoms with Crippen LogP contribution in [0.5, 0.6) is 5.75 Å². The third-order valence-electron chi connectivity index (χ3n) is 2.38. The van der Waals surface area contributed by atoms with Gasteiger partial charge < -0.3 is 4.74 Å². The summed E-state index contributed by atoms with van der Waals surface area (Å²) in [4.78, 5) is -0.0456. The van der Waals surface area contributed by atoms with Crippen LogP contribution in [0.25, 0.3) is 0 Å². The molecule has 0 spiro atoms. The maximum atomic E-state index is 12.4. The Morgan fingerprint density at radius 3 is 2.73 bits per heavy atom. The van der Waals surface area contributed by atoms with Gasteiger partial charge in [-0.25, -0.2) is 8.42 Å². The minimum atomic E-state index is -3.85. The van der Waals surface area contributed by atoms with Gasteiger partial charge in [0.2, 0.25) is 5.13 Å². The largest absolute Gasteiger partial charge is 0.495 e. The van der Waals surface area contributed by atoms with Gasteiger partial charge in [-0.3, -0.25) is 4.72 Å². The van der Waals surface area contributed by atoms with Crippen LogP contribution < -0.4 is 9.46 Å². The predicted molar refractivity (Wildman–Crippen MR) is 89.7 cm³/mol. The van der Waals surface area contributed by atoms with Gasteiger partial charge in [0.25, 0.3) is 10.0 Å². The number of hydrogen-bond acceptors (Lipinski definition) is 7. The van der Waals surface area contributed by atoms with Crippen LogP contribution in [0.3, 0.4) is 0 Å². The van der Waals surface area contributed by atoms with Crippen molar-refractivity contribution in [3.63, 3.8) is 0 Å². The van der Waals surface area contributed by atoms with Crippen molar-refractivity contribution >= 4 is 49.9 Å². The van der Waals surface area contributed by atoms with Crippen LogP contribution in [0.2, 0.25) is 5.02 Å². The standard InChI is InChI=1S/C12H14ClN3O3S3/c1-7(2)20-12-15-14-11(21-12)16-22(17,18)10-6-8(13)4-5-9(10)19-3/h4-7H,1-3H3,(H,14,16). The number of aromatic nitrogens is 2. The van der Waals surface area contributed by atoms with Crippen LogP contribution in [0.4, 0.5) is 5.13 Å². The lowest BCUT2D eigenvalue weighted by atomic mass is 10.3. The molecule has 1 aromatic heterocycles. The second-order valence-corrected chi connectivity index (χ2v) is 9.33. The third-order valence-corrected chi connectivity index (χ3v) is 6.03. The van der Waals surface area contributed by atoms with Crippen molar-refractivity contribution in [2.75, 3.05) is 11.8 Å². The van der Waals surface area contributed by atoms with E-state index in [9.17, 15) is 8.42 Å². The fraction of sp³-hybridized carbons (Fsp3) is 0.333. The summed E-state index contributed by atoms with van der Waals surface area (Å²) in [7, 11) is -2.46. The van der Waals surface area contributed by atoms with E-state index in [0.717, 1.165) is 0 Å². The molecule has 0 aliphatic carbocycles. The quantitative estimate of drug-likeness (QED) is 0.773. The van der Waals surface area contributed by atoms with E-state index >= 15 is 0 Å². The maximum absolute atomic E-state index is 12.4. The van der Waals surface area contributed by atoms with E-state index in [-0.39, 0.29) is 15.8 Å². The first-order valence-electron chi connectivity index (χ1n) is 6.18. The summed E-state index contributed by atoms with van der Waals surface area (Å²) >= 11 is 8.56. The molecule has 0 saturated carbocycles. The Labute approximate surface area is 142 Å². The lowest BCUT2D eigenvalue weighted by Crippen LogP contribution is -2.14. The predicted octanol–water partition coefficient (Wildman–Crippen LogP) is 3.50. The average Bonchev–Trinajstić information content (AvgIpc) is 2.84. The highest BCUT2D eigenvalue weighted by Crippen LogP contribution is 2.32. The number of methoxy groups -OCH3 is 1. The monoisotopic (exact) mass is 379 g/mol. The number of sulfonamides is 1. The first-order valence-corrected chi connectivity index (χ1v) is 9.74. The molecule has 10 heteroatoms. The fourth-order valence-corrected chi connectivity index (χ4v) is 5.17. The van der Waals surface area contributed by atoms with Crippen LogP contribution >= 0.6 is 34.7 Å². The summed E-state index contributed by atoms with van der Waals surface area (Å²) in [6.07, 6.45) is 0. The highest BCUT2D eigenvalue weighted by atomic mass is 35.5. The summed E-state index contributed by atoms with van der Waals surface area (Å²) in [5.41, 5.74) is 0. The van der Waals surface area contributed by atoms with Crippen LogP contribution in [0, 0.1) is 0 Å². The van der Waals surface area contributed by atoms with Crippen molar-refractivity contribution in [2.24, 2.45) is 0 Å². The number of nitrogens with one attached hydrogen (secondary N) is 1. The van der Waals surface area contributed by atoms with Crippen LogP contribution in [0.15, 0.2) is 27.4 Å². The molecule has 0 atom stereocenters. The van der Waals surface area contributed by atoms with Gasteiger partial charge in [-0.15, -0.1) is 10.2 Å². The Morgan fingerprint density at radius 1 is 1.36 bits per heavy atom. The second-order valence-electron chi connectivity index (χ2n) is 4.44. The molecule has 22 heavy (non-hydrogen) atoms. The molecule has 0 fully saturated rings. The van der Waals surface area contributed by atoms with E-state index in [2.05, 4.69) is 14.9 Å². The van der Waals surface area contributed by atoms with Gasteiger partial charge in [0.05, 0.1) is 7.11 Å². The molecule has 2 rings (SSSR count). The Bertz CT molecular complexity index is 762. The second kappa shape index (κ2) is 7.03. The van der Waals surface area contributed by atoms with E-state index < -0.39 is 10.0 Å². The Balaban J connectivity index is 2.28. The van der Waals surface area contributed by atoms with Crippen molar-refractivity contribution in [3.8, 4) is 5.75 Å². The number of thioether (sulfide) groups is 1. The molecular formula is C12H14ClN3O3S3. The molecule has 0 unspecified atom stereocenters. The van der Waals surface area contributed by atoms with E-state index in [1.165, 1.54) is 42.3 Å². The molecular weight excluding hydrogens is 366 g/mol. The van der Waals surface area contributed by atoms with Crippen molar-refractivity contribution in [3.05, 3.63) is 23.2 Å². The SMILES string of the molecule is COc1ccc(Cl)cc1S(=O)(=O)Nc1nnc(SC(C)C)s1. The summed E-state index contributed by atoms with van der Waals surface area (Å²) in [5.74, 6) is 0.207. The molecule has 1 N–H and O–H groups in total. The Hall–Kier alpha value is -1.03. The summed E-state index contributed by atoms with van der Waals surface area (Å²) in [6.45, 7) is 4.04. The summed E-state index contributed by atoms with van der Waals surface area (Å²) in [5, 5.41) is 8.62. The zero-order valence-corrected chi connectivity index (χ0v) is 15.2. The van der Waals surface area contributed by atoms with E-state index in [0.29, 0.717) is 14.6 Å². The van der Waals surface area contributed by atoms with E-state index in [1.807, 2.05) is 13.8 Å². The van der Waals surface area contributed by atoms with Gasteiger partial charge in [0.15, 0.2) is 4.34 Å². The molecule has 1 heterocycles. The van der Waals surface area contributed by atoms with Gasteiger partial charge in [-0.2, -0.15) is 0 Å². The molecule has 1 aromatic carbocycles. The summed E-state index contributed by atoms with van der Waals surface area (Å²) < 4.78 is 33.1. The van der Waals surface area contributed by atoms with Gasteiger partial charge in [0, 0.05) is 10.3 Å². The third kappa shape index (κ3) is 4.25. The van der Waals surface area contributed by atoms with Crippen molar-refractivity contribution in [1.82, 2.24) is 10.2 Å². The minimum Gasteiger partial charge on any atom is -0.495 e. The van der Waals surface area contributed by atoms with Crippen LogP contribution in [-0.4, -0.2) is 31.0 Å². The molecule has 0 aliphatic rings. The highest BCUT2D eigenvalue weighted by molar-refractivity contribution is 8.01. The van der Waals surface area contributed by atoms with Gasteiger partial charge in [0.1, 0.15) is 10.6 Å². The Morgan fingerprint density at radius 2 is 2.09 bits per heavy atom. The molecule has 0 aliphatic heterocycles. The average molecular weight is 380 g/mol. The van der Waals surface area contributed by atoms with Gasteiger partial charge >= 0.3 is 0 Å². The first kappa shape index (κ1) is 17.3. The lowest BCUT2D eigenvalue weighted by molar-refractivity contribution is 0.403. The molecule has 0 bridgehead atoms. The van der Waals surface area contributed by atoms with Crippen molar-refractivity contribution in [2.45, 2.75) is 28.3 Å². The number of benzene rings is 1. The number of hydrogen-bond donors (Lipinski definition) is 1. The number of ether oxygens (including phenoxy) is 1. The normalized spacial score (nSPS) is 11.7. The number of rotatable bonds is 6. The zero-order valence-electron chi connectivity index (χ0n) is 12.0. The smallest absolute Gasteiger partial charge is 0.267 e. The Kier molecular flexibility index (Phi) is 5.54. The molecule has 120 valence electrons. The maximum Gasteiger partial charge on any atom is 0.267 e. The van der Waals surface area contributed by atoms with Crippen molar-refractivity contribution in [1.29, 1.82) is 0 Å². The summed E-state index contributed by atoms with van der Waals surface area (Å²) in [6, 6.07) is 4.38. The van der Waals surface area contributed by atoms with Gasteiger partial charge in [-0.05, 0) is 18.2 Å². The van der Waals surface area contributed by atoms with E-state index in [1.54, 1.807) is 6.07 Å². The lowest BCUT2D eigenvalue weighted by Gasteiger charge is -2.09. The topological polar surface area (TPSA) is 81.2 Å². The fourth-order valence-electron chi connectivity index (χ4n) is 1.53. The number of anilines is 1. The minimum absolute atomic E-state index is 0.0456.